The highest BCUT2D eigenvalue weighted by atomic mass is 79.9. The van der Waals surface area contributed by atoms with E-state index in [1.54, 1.807) is 6.20 Å². The first-order valence-corrected chi connectivity index (χ1v) is 7.32. The first-order chi connectivity index (χ1) is 10.0. The molecule has 0 atom stereocenters. The maximum absolute atomic E-state index is 6.13. The molecule has 0 radical (unpaired) electrons. The fourth-order valence-corrected chi connectivity index (χ4v) is 2.46. The SMILES string of the molecule is Cc1c(Cl)cccc1Nc1nc(N)nc2cc(Br)cnc12. The molecular weight excluding hydrogens is 354 g/mol. The summed E-state index contributed by atoms with van der Waals surface area (Å²) in [6.07, 6.45) is 1.69. The highest BCUT2D eigenvalue weighted by Crippen LogP contribution is 2.29. The van der Waals surface area contributed by atoms with Gasteiger partial charge in [-0.1, -0.05) is 17.7 Å². The van der Waals surface area contributed by atoms with Crippen LogP contribution in [0.5, 0.6) is 0 Å². The summed E-state index contributed by atoms with van der Waals surface area (Å²) < 4.78 is 0.831. The topological polar surface area (TPSA) is 76.7 Å². The average molecular weight is 365 g/mol. The Morgan fingerprint density at radius 1 is 1.29 bits per heavy atom. The molecule has 3 aromatic rings. The lowest BCUT2D eigenvalue weighted by Crippen LogP contribution is -2.03. The fourth-order valence-electron chi connectivity index (χ4n) is 1.97. The molecule has 1 aromatic carbocycles. The average Bonchev–Trinajstić information content (AvgIpc) is 2.43. The van der Waals surface area contributed by atoms with E-state index in [-0.39, 0.29) is 5.95 Å². The molecule has 2 aromatic heterocycles. The maximum atomic E-state index is 6.13. The summed E-state index contributed by atoms with van der Waals surface area (Å²) in [5.41, 5.74) is 8.86. The van der Waals surface area contributed by atoms with Gasteiger partial charge in [-0.15, -0.1) is 0 Å². The van der Waals surface area contributed by atoms with Crippen LogP contribution in [0.1, 0.15) is 5.56 Å². The molecule has 5 nitrogen and oxygen atoms in total. The lowest BCUT2D eigenvalue weighted by Gasteiger charge is -2.12. The van der Waals surface area contributed by atoms with E-state index in [0.717, 1.165) is 15.7 Å². The second-order valence-electron chi connectivity index (χ2n) is 4.49. The van der Waals surface area contributed by atoms with Gasteiger partial charge in [0.25, 0.3) is 0 Å². The molecule has 106 valence electrons. The second kappa shape index (κ2) is 5.46. The third kappa shape index (κ3) is 2.77. The zero-order valence-corrected chi connectivity index (χ0v) is 13.4. The molecule has 21 heavy (non-hydrogen) atoms. The zero-order valence-electron chi connectivity index (χ0n) is 11.1. The fraction of sp³-hybridized carbons (Fsp3) is 0.0714. The van der Waals surface area contributed by atoms with Gasteiger partial charge in [0.05, 0.1) is 5.52 Å². The van der Waals surface area contributed by atoms with Crippen LogP contribution < -0.4 is 11.1 Å². The van der Waals surface area contributed by atoms with Crippen molar-refractivity contribution in [2.24, 2.45) is 0 Å². The molecule has 0 aliphatic heterocycles. The summed E-state index contributed by atoms with van der Waals surface area (Å²) in [7, 11) is 0. The van der Waals surface area contributed by atoms with Crippen LogP contribution >= 0.6 is 27.5 Å². The van der Waals surface area contributed by atoms with Crippen molar-refractivity contribution < 1.29 is 0 Å². The van der Waals surface area contributed by atoms with Crippen LogP contribution in [0.3, 0.4) is 0 Å². The molecule has 0 spiro atoms. The normalized spacial score (nSPS) is 10.8. The van der Waals surface area contributed by atoms with Crippen LogP contribution in [0.4, 0.5) is 17.5 Å². The Morgan fingerprint density at radius 3 is 2.90 bits per heavy atom. The zero-order chi connectivity index (χ0) is 15.0. The highest BCUT2D eigenvalue weighted by molar-refractivity contribution is 9.10. The number of hydrogen-bond donors (Lipinski definition) is 2. The van der Waals surface area contributed by atoms with E-state index in [1.807, 2.05) is 31.2 Å². The smallest absolute Gasteiger partial charge is 0.222 e. The van der Waals surface area contributed by atoms with Crippen LogP contribution in [0.25, 0.3) is 11.0 Å². The summed E-state index contributed by atoms with van der Waals surface area (Å²) in [6.45, 7) is 1.93. The number of nitrogens with two attached hydrogens (primary N) is 1. The number of pyridine rings is 1. The molecule has 0 amide bonds. The van der Waals surface area contributed by atoms with Crippen LogP contribution in [0, 0.1) is 6.92 Å². The van der Waals surface area contributed by atoms with Gasteiger partial charge < -0.3 is 11.1 Å². The van der Waals surface area contributed by atoms with Crippen molar-refractivity contribution in [2.45, 2.75) is 6.92 Å². The van der Waals surface area contributed by atoms with Gasteiger partial charge in [-0.05, 0) is 46.6 Å². The van der Waals surface area contributed by atoms with Gasteiger partial charge in [-0.3, -0.25) is 0 Å². The van der Waals surface area contributed by atoms with Gasteiger partial charge in [0.2, 0.25) is 5.95 Å². The molecular formula is C14H11BrClN5. The lowest BCUT2D eigenvalue weighted by atomic mass is 10.2. The number of fused-ring (bicyclic) bond motifs is 1. The van der Waals surface area contributed by atoms with Crippen LogP contribution in [0.2, 0.25) is 5.02 Å². The Kier molecular flexibility index (Phi) is 3.65. The lowest BCUT2D eigenvalue weighted by molar-refractivity contribution is 1.20. The van der Waals surface area contributed by atoms with Gasteiger partial charge in [-0.25, -0.2) is 9.97 Å². The van der Waals surface area contributed by atoms with Gasteiger partial charge in [0.15, 0.2) is 5.82 Å². The van der Waals surface area contributed by atoms with Gasteiger partial charge in [0.1, 0.15) is 5.52 Å². The number of aromatic nitrogens is 3. The quantitative estimate of drug-likeness (QED) is 0.716. The predicted octanol–water partition coefficient (Wildman–Crippen LogP) is 4.07. The van der Waals surface area contributed by atoms with E-state index < -0.39 is 0 Å². The molecule has 0 fully saturated rings. The number of rotatable bonds is 2. The molecule has 0 saturated carbocycles. The van der Waals surface area contributed by atoms with Crippen molar-refractivity contribution in [3.8, 4) is 0 Å². The number of hydrogen-bond acceptors (Lipinski definition) is 5. The van der Waals surface area contributed by atoms with E-state index in [2.05, 4.69) is 36.2 Å². The Morgan fingerprint density at radius 2 is 2.10 bits per heavy atom. The number of anilines is 3. The highest BCUT2D eigenvalue weighted by Gasteiger charge is 2.10. The predicted molar refractivity (Wildman–Crippen MR) is 88.9 cm³/mol. The number of nitrogens with one attached hydrogen (secondary N) is 1. The third-order valence-corrected chi connectivity index (χ3v) is 3.88. The van der Waals surface area contributed by atoms with Crippen molar-refractivity contribution in [3.63, 3.8) is 0 Å². The summed E-state index contributed by atoms with van der Waals surface area (Å²) in [5.74, 6) is 0.736. The monoisotopic (exact) mass is 363 g/mol. The Hall–Kier alpha value is -1.92. The second-order valence-corrected chi connectivity index (χ2v) is 5.81. The molecule has 3 rings (SSSR count). The van der Waals surface area contributed by atoms with Crippen molar-refractivity contribution >= 4 is 56.0 Å². The molecule has 0 saturated heterocycles. The molecule has 0 aliphatic rings. The standard InChI is InChI=1S/C14H11BrClN5/c1-7-9(16)3-2-4-10(7)19-13-12-11(20-14(17)21-13)5-8(15)6-18-12/h2-6H,1H3,(H3,17,19,20,21). The van der Waals surface area contributed by atoms with Crippen LogP contribution in [-0.4, -0.2) is 15.0 Å². The number of nitrogen functional groups attached to an aromatic ring is 1. The van der Waals surface area contributed by atoms with E-state index >= 15 is 0 Å². The maximum Gasteiger partial charge on any atom is 0.222 e. The van der Waals surface area contributed by atoms with Gasteiger partial charge in [0, 0.05) is 21.4 Å². The number of halogens is 2. The minimum atomic E-state index is 0.185. The molecule has 2 heterocycles. The van der Waals surface area contributed by atoms with E-state index in [9.17, 15) is 0 Å². The first-order valence-electron chi connectivity index (χ1n) is 6.15. The summed E-state index contributed by atoms with van der Waals surface area (Å²) in [6, 6.07) is 7.47. The summed E-state index contributed by atoms with van der Waals surface area (Å²) in [4.78, 5) is 12.8. The minimum Gasteiger partial charge on any atom is -0.368 e. The molecule has 7 heteroatoms. The Balaban J connectivity index is 2.14. The van der Waals surface area contributed by atoms with E-state index in [0.29, 0.717) is 21.9 Å². The largest absolute Gasteiger partial charge is 0.368 e. The van der Waals surface area contributed by atoms with Crippen LogP contribution in [0.15, 0.2) is 34.9 Å². The molecule has 3 N–H and O–H groups in total. The summed E-state index contributed by atoms with van der Waals surface area (Å²) >= 11 is 9.50. The van der Waals surface area contributed by atoms with E-state index in [1.165, 1.54) is 0 Å². The minimum absolute atomic E-state index is 0.185. The van der Waals surface area contributed by atoms with E-state index in [4.69, 9.17) is 17.3 Å². The first kappa shape index (κ1) is 14.0. The Bertz CT molecular complexity index is 832. The molecule has 0 bridgehead atoms. The molecule has 0 aliphatic carbocycles. The van der Waals surface area contributed by atoms with Gasteiger partial charge in [-0.2, -0.15) is 4.98 Å². The number of nitrogens with zero attached hydrogens (tertiary/aromatic N) is 3. The van der Waals surface area contributed by atoms with Crippen molar-refractivity contribution in [1.29, 1.82) is 0 Å². The summed E-state index contributed by atoms with van der Waals surface area (Å²) in [5, 5.41) is 3.91. The Labute approximate surface area is 134 Å². The third-order valence-electron chi connectivity index (χ3n) is 3.04. The van der Waals surface area contributed by atoms with Gasteiger partial charge >= 0.3 is 0 Å². The van der Waals surface area contributed by atoms with Crippen molar-refractivity contribution in [2.75, 3.05) is 11.1 Å². The van der Waals surface area contributed by atoms with Crippen molar-refractivity contribution in [1.82, 2.24) is 15.0 Å². The molecule has 0 unspecified atom stereocenters. The van der Waals surface area contributed by atoms with Crippen LogP contribution in [-0.2, 0) is 0 Å². The van der Waals surface area contributed by atoms with Crippen molar-refractivity contribution in [3.05, 3.63) is 45.5 Å². The number of benzene rings is 1.